The molecule has 0 aromatic heterocycles. The summed E-state index contributed by atoms with van der Waals surface area (Å²) in [6, 6.07) is 15.4. The summed E-state index contributed by atoms with van der Waals surface area (Å²) in [5, 5.41) is 0. The smallest absolute Gasteiger partial charge is 0.406 e. The predicted molar refractivity (Wildman–Crippen MR) is 113 cm³/mol. The molecule has 0 amide bonds. The molecular weight excluding hydrogens is 472 g/mol. The van der Waals surface area contributed by atoms with Crippen LogP contribution in [0.15, 0.2) is 71.7 Å². The molecule has 0 aliphatic carbocycles. The molecule has 0 N–H and O–H groups in total. The lowest BCUT2D eigenvalue weighted by Crippen LogP contribution is -2.24. The van der Waals surface area contributed by atoms with Crippen LogP contribution in [0, 0.1) is 11.6 Å². The first-order chi connectivity index (χ1) is 15.0. The van der Waals surface area contributed by atoms with Gasteiger partial charge in [0.2, 0.25) is 0 Å². The van der Waals surface area contributed by atoms with E-state index < -0.39 is 28.4 Å². The first kappa shape index (κ1) is 22.6. The van der Waals surface area contributed by atoms with E-state index in [-0.39, 0.29) is 23.4 Å². The minimum absolute atomic E-state index is 0.0641. The van der Waals surface area contributed by atoms with Gasteiger partial charge in [0, 0.05) is 6.42 Å². The molecule has 0 saturated heterocycles. The van der Waals surface area contributed by atoms with Crippen molar-refractivity contribution in [3.05, 3.63) is 89.5 Å². The zero-order chi connectivity index (χ0) is 23.1. The summed E-state index contributed by atoms with van der Waals surface area (Å²) in [7, 11) is 0. The Balaban J connectivity index is 1.58. The van der Waals surface area contributed by atoms with Gasteiger partial charge in [0.1, 0.15) is 17.4 Å². The Kier molecular flexibility index (Phi) is 5.90. The van der Waals surface area contributed by atoms with Crippen molar-refractivity contribution < 1.29 is 26.7 Å². The second-order valence-corrected chi connectivity index (χ2v) is 8.68. The molecule has 3 aromatic rings. The minimum atomic E-state index is -4.75. The molecule has 0 unspecified atom stereocenters. The van der Waals surface area contributed by atoms with Gasteiger partial charge in [-0.1, -0.05) is 65.7 Å². The van der Waals surface area contributed by atoms with Crippen molar-refractivity contribution in [2.45, 2.75) is 23.2 Å². The van der Waals surface area contributed by atoms with Crippen LogP contribution in [0.5, 0.6) is 5.75 Å². The van der Waals surface area contributed by atoms with Gasteiger partial charge in [0.25, 0.3) is 0 Å². The highest BCUT2D eigenvalue weighted by Gasteiger charge is 2.43. The van der Waals surface area contributed by atoms with Gasteiger partial charge in [-0.2, -0.15) is 0 Å². The SMILES string of the molecule is Fc1cccc(F)c1C1=N[C@@H](c2ccc(-c3ccc(OC(F)(F)F)cc3)cc2)CC1(Cl)Cl. The number of alkyl halides is 5. The van der Waals surface area contributed by atoms with Crippen LogP contribution in [0.1, 0.15) is 23.6 Å². The maximum atomic E-state index is 14.2. The maximum absolute atomic E-state index is 14.2. The summed E-state index contributed by atoms with van der Waals surface area (Å²) in [5.74, 6) is -1.92. The van der Waals surface area contributed by atoms with E-state index in [1.165, 1.54) is 30.3 Å². The number of rotatable bonds is 4. The quantitative estimate of drug-likeness (QED) is 0.274. The fraction of sp³-hybridized carbons (Fsp3) is 0.174. The highest BCUT2D eigenvalue weighted by Crippen LogP contribution is 2.45. The van der Waals surface area contributed by atoms with Gasteiger partial charge in [-0.3, -0.25) is 4.99 Å². The number of hydrogen-bond donors (Lipinski definition) is 0. The molecule has 0 radical (unpaired) electrons. The van der Waals surface area contributed by atoms with Crippen molar-refractivity contribution in [1.29, 1.82) is 0 Å². The van der Waals surface area contributed by atoms with Crippen molar-refractivity contribution in [3.8, 4) is 16.9 Å². The van der Waals surface area contributed by atoms with Crippen molar-refractivity contribution >= 4 is 28.9 Å². The maximum Gasteiger partial charge on any atom is 0.573 e. The van der Waals surface area contributed by atoms with Crippen LogP contribution < -0.4 is 4.74 Å². The number of halogens is 7. The molecule has 1 aliphatic heterocycles. The van der Waals surface area contributed by atoms with Gasteiger partial charge < -0.3 is 4.74 Å². The number of aliphatic imine (C=N–C) groups is 1. The Morgan fingerprint density at radius 1 is 0.844 bits per heavy atom. The standard InChI is InChI=1S/C23H14Cl2F5NO/c24-22(25)12-19(31-21(22)20-17(26)2-1-3-18(20)27)15-6-4-13(5-7-15)14-8-10-16(11-9-14)32-23(28,29)30/h1-11,19H,12H2/t19-/m1/s1. The van der Waals surface area contributed by atoms with E-state index in [4.69, 9.17) is 23.2 Å². The number of ether oxygens (including phenoxy) is 1. The van der Waals surface area contributed by atoms with Gasteiger partial charge in [-0.15, -0.1) is 13.2 Å². The van der Waals surface area contributed by atoms with E-state index in [2.05, 4.69) is 9.73 Å². The van der Waals surface area contributed by atoms with E-state index in [9.17, 15) is 22.0 Å². The van der Waals surface area contributed by atoms with E-state index in [1.54, 1.807) is 24.3 Å². The second-order valence-electron chi connectivity index (χ2n) is 7.19. The van der Waals surface area contributed by atoms with Crippen molar-refractivity contribution in [1.82, 2.24) is 0 Å². The normalized spacial score (nSPS) is 17.8. The Bertz CT molecular complexity index is 1140. The van der Waals surface area contributed by atoms with Crippen molar-refractivity contribution in [2.75, 3.05) is 0 Å². The Labute approximate surface area is 190 Å². The molecule has 0 bridgehead atoms. The average Bonchev–Trinajstić information content (AvgIpc) is 3.02. The van der Waals surface area contributed by atoms with Crippen molar-refractivity contribution in [3.63, 3.8) is 0 Å². The molecule has 9 heteroatoms. The summed E-state index contributed by atoms with van der Waals surface area (Å²) in [6.45, 7) is 0. The van der Waals surface area contributed by atoms with E-state index in [0.29, 0.717) is 5.56 Å². The lowest BCUT2D eigenvalue weighted by atomic mass is 9.99. The summed E-state index contributed by atoms with van der Waals surface area (Å²) < 4.78 is 67.6. The second kappa shape index (κ2) is 8.37. The van der Waals surface area contributed by atoms with Gasteiger partial charge in [0.15, 0.2) is 4.33 Å². The van der Waals surface area contributed by atoms with Crippen LogP contribution in [-0.4, -0.2) is 16.4 Å². The third-order valence-electron chi connectivity index (χ3n) is 5.00. The summed E-state index contributed by atoms with van der Waals surface area (Å²) in [4.78, 5) is 4.40. The summed E-state index contributed by atoms with van der Waals surface area (Å²) in [5.41, 5.74) is 1.74. The van der Waals surface area contributed by atoms with Gasteiger partial charge in [-0.05, 0) is 41.0 Å². The minimum Gasteiger partial charge on any atom is -0.406 e. The molecule has 2 nitrogen and oxygen atoms in total. The van der Waals surface area contributed by atoms with Gasteiger partial charge in [-0.25, -0.2) is 8.78 Å². The summed E-state index contributed by atoms with van der Waals surface area (Å²) >= 11 is 12.7. The molecule has 32 heavy (non-hydrogen) atoms. The fourth-order valence-corrected chi connectivity index (χ4v) is 4.12. The third-order valence-corrected chi connectivity index (χ3v) is 5.66. The van der Waals surface area contributed by atoms with Crippen LogP contribution in [0.3, 0.4) is 0 Å². The number of hydrogen-bond acceptors (Lipinski definition) is 2. The molecule has 3 aromatic carbocycles. The first-order valence-electron chi connectivity index (χ1n) is 9.40. The first-order valence-corrected chi connectivity index (χ1v) is 10.2. The zero-order valence-corrected chi connectivity index (χ0v) is 17.6. The Morgan fingerprint density at radius 2 is 1.38 bits per heavy atom. The molecular formula is C23H14Cl2F5NO. The summed E-state index contributed by atoms with van der Waals surface area (Å²) in [6.07, 6.45) is -4.63. The predicted octanol–water partition coefficient (Wildman–Crippen LogP) is 7.64. The lowest BCUT2D eigenvalue weighted by Gasteiger charge is -2.16. The zero-order valence-electron chi connectivity index (χ0n) is 16.1. The van der Waals surface area contributed by atoms with Gasteiger partial charge >= 0.3 is 6.36 Å². The number of benzene rings is 3. The number of nitrogens with zero attached hydrogens (tertiary/aromatic N) is 1. The topological polar surface area (TPSA) is 21.6 Å². The monoisotopic (exact) mass is 485 g/mol. The third kappa shape index (κ3) is 4.74. The van der Waals surface area contributed by atoms with Gasteiger partial charge in [0.05, 0.1) is 17.3 Å². The van der Waals surface area contributed by atoms with E-state index in [1.807, 2.05) is 0 Å². The average molecular weight is 486 g/mol. The molecule has 166 valence electrons. The van der Waals surface area contributed by atoms with Crippen LogP contribution in [0.25, 0.3) is 11.1 Å². The lowest BCUT2D eigenvalue weighted by molar-refractivity contribution is -0.274. The Hall–Kier alpha value is -2.64. The molecule has 0 spiro atoms. The fourth-order valence-electron chi connectivity index (χ4n) is 3.55. The van der Waals surface area contributed by atoms with Crippen molar-refractivity contribution in [2.24, 2.45) is 4.99 Å². The van der Waals surface area contributed by atoms with Crippen LogP contribution in [-0.2, 0) is 0 Å². The highest BCUT2D eigenvalue weighted by atomic mass is 35.5. The van der Waals surface area contributed by atoms with Crippen LogP contribution >= 0.6 is 23.2 Å². The van der Waals surface area contributed by atoms with E-state index in [0.717, 1.165) is 23.3 Å². The molecule has 1 heterocycles. The molecule has 1 atom stereocenters. The van der Waals surface area contributed by atoms with E-state index >= 15 is 0 Å². The molecule has 4 rings (SSSR count). The molecule has 0 fully saturated rings. The highest BCUT2D eigenvalue weighted by molar-refractivity contribution is 6.61. The van der Waals surface area contributed by atoms with Crippen LogP contribution in [0.4, 0.5) is 22.0 Å². The molecule has 0 saturated carbocycles. The largest absolute Gasteiger partial charge is 0.573 e. The van der Waals surface area contributed by atoms with Crippen LogP contribution in [0.2, 0.25) is 0 Å². The molecule has 1 aliphatic rings. The Morgan fingerprint density at radius 3 is 1.91 bits per heavy atom.